The first-order valence-corrected chi connectivity index (χ1v) is 7.46. The van der Waals surface area contributed by atoms with E-state index in [9.17, 15) is 9.90 Å². The van der Waals surface area contributed by atoms with Crippen molar-refractivity contribution in [2.75, 3.05) is 24.5 Å². The molecule has 0 aliphatic carbocycles. The SMILES string of the molecule is CCc1cc2c(N3CCNCC3C(=O)O)ncnc2s1. The molecule has 2 N–H and O–H groups in total. The maximum absolute atomic E-state index is 11.4. The molecule has 1 aliphatic rings. The van der Waals surface area contributed by atoms with Crippen LogP contribution in [0.1, 0.15) is 11.8 Å². The highest BCUT2D eigenvalue weighted by atomic mass is 32.1. The number of aliphatic carboxylic acids is 1. The van der Waals surface area contributed by atoms with Crippen LogP contribution in [0, 0.1) is 0 Å². The van der Waals surface area contributed by atoms with E-state index in [1.54, 1.807) is 11.3 Å². The largest absolute Gasteiger partial charge is 0.480 e. The highest BCUT2D eigenvalue weighted by molar-refractivity contribution is 7.18. The van der Waals surface area contributed by atoms with E-state index in [-0.39, 0.29) is 0 Å². The summed E-state index contributed by atoms with van der Waals surface area (Å²) in [4.78, 5) is 24.1. The second-order valence-corrected chi connectivity index (χ2v) is 5.85. The first kappa shape index (κ1) is 13.3. The molecule has 106 valence electrons. The number of rotatable bonds is 3. The van der Waals surface area contributed by atoms with Gasteiger partial charge in [-0.2, -0.15) is 0 Å². The Labute approximate surface area is 120 Å². The van der Waals surface area contributed by atoms with Crippen LogP contribution in [-0.4, -0.2) is 46.7 Å². The summed E-state index contributed by atoms with van der Waals surface area (Å²) >= 11 is 1.64. The van der Waals surface area contributed by atoms with Gasteiger partial charge in [-0.05, 0) is 12.5 Å². The number of hydrogen-bond donors (Lipinski definition) is 2. The number of fused-ring (bicyclic) bond motifs is 1. The first-order valence-electron chi connectivity index (χ1n) is 6.64. The van der Waals surface area contributed by atoms with Gasteiger partial charge < -0.3 is 15.3 Å². The van der Waals surface area contributed by atoms with Crippen molar-refractivity contribution in [1.29, 1.82) is 0 Å². The number of anilines is 1. The smallest absolute Gasteiger partial charge is 0.327 e. The Kier molecular flexibility index (Phi) is 3.54. The van der Waals surface area contributed by atoms with Gasteiger partial charge in [0.15, 0.2) is 0 Å². The van der Waals surface area contributed by atoms with E-state index in [1.165, 1.54) is 11.2 Å². The number of hydrogen-bond acceptors (Lipinski definition) is 6. The van der Waals surface area contributed by atoms with Crippen LogP contribution in [0.2, 0.25) is 0 Å². The summed E-state index contributed by atoms with van der Waals surface area (Å²) in [5.41, 5.74) is 0. The molecule has 2 aromatic heterocycles. The van der Waals surface area contributed by atoms with Gasteiger partial charge >= 0.3 is 5.97 Å². The van der Waals surface area contributed by atoms with E-state index in [2.05, 4.69) is 28.3 Å². The minimum absolute atomic E-state index is 0.436. The second kappa shape index (κ2) is 5.34. The predicted molar refractivity (Wildman–Crippen MR) is 78.4 cm³/mol. The standard InChI is InChI=1S/C13H16N4O2S/c1-2-8-5-9-11(15-7-16-12(9)20-8)17-4-3-14-6-10(17)13(18)19/h5,7,10,14H,2-4,6H2,1H3,(H,18,19). The van der Waals surface area contributed by atoms with Gasteiger partial charge in [-0.1, -0.05) is 6.92 Å². The fourth-order valence-corrected chi connectivity index (χ4v) is 3.40. The van der Waals surface area contributed by atoms with Gasteiger partial charge in [0.05, 0.1) is 5.39 Å². The Balaban J connectivity index is 2.07. The van der Waals surface area contributed by atoms with Crippen LogP contribution >= 0.6 is 11.3 Å². The summed E-state index contributed by atoms with van der Waals surface area (Å²) in [5, 5.41) is 13.4. The van der Waals surface area contributed by atoms with Gasteiger partial charge in [-0.25, -0.2) is 14.8 Å². The molecule has 7 heteroatoms. The average Bonchev–Trinajstić information content (AvgIpc) is 2.90. The lowest BCUT2D eigenvalue weighted by Gasteiger charge is -2.34. The van der Waals surface area contributed by atoms with Crippen molar-refractivity contribution in [1.82, 2.24) is 15.3 Å². The summed E-state index contributed by atoms with van der Waals surface area (Å²) in [7, 11) is 0. The number of carboxylic acids is 1. The Morgan fingerprint density at radius 2 is 2.45 bits per heavy atom. The van der Waals surface area contributed by atoms with Gasteiger partial charge in [0.1, 0.15) is 23.0 Å². The maximum Gasteiger partial charge on any atom is 0.327 e. The van der Waals surface area contributed by atoms with Crippen molar-refractivity contribution in [3.63, 3.8) is 0 Å². The number of nitrogens with zero attached hydrogens (tertiary/aromatic N) is 3. The Hall–Kier alpha value is -1.73. The van der Waals surface area contributed by atoms with E-state index in [1.807, 2.05) is 4.90 Å². The molecule has 0 radical (unpaired) electrons. The van der Waals surface area contributed by atoms with Gasteiger partial charge in [-0.3, -0.25) is 0 Å². The van der Waals surface area contributed by atoms with Crippen molar-refractivity contribution < 1.29 is 9.90 Å². The lowest BCUT2D eigenvalue weighted by atomic mass is 10.1. The van der Waals surface area contributed by atoms with Gasteiger partial charge in [-0.15, -0.1) is 11.3 Å². The van der Waals surface area contributed by atoms with Crippen LogP contribution in [0.3, 0.4) is 0 Å². The molecule has 0 amide bonds. The molecule has 0 saturated carbocycles. The summed E-state index contributed by atoms with van der Waals surface area (Å²) < 4.78 is 0. The summed E-state index contributed by atoms with van der Waals surface area (Å²) in [6.45, 7) is 3.94. The van der Waals surface area contributed by atoms with Crippen LogP contribution in [0.4, 0.5) is 5.82 Å². The summed E-state index contributed by atoms with van der Waals surface area (Å²) in [6, 6.07) is 1.50. The number of carboxylic acid groups (broad SMARTS) is 1. The first-order chi connectivity index (χ1) is 9.70. The molecule has 1 saturated heterocycles. The van der Waals surface area contributed by atoms with Crippen LogP contribution < -0.4 is 10.2 Å². The predicted octanol–water partition coefficient (Wildman–Crippen LogP) is 1.12. The Bertz CT molecular complexity index is 642. The van der Waals surface area contributed by atoms with E-state index >= 15 is 0 Å². The fourth-order valence-electron chi connectivity index (χ4n) is 2.47. The third-order valence-electron chi connectivity index (χ3n) is 3.51. The third-order valence-corrected chi connectivity index (χ3v) is 4.70. The highest BCUT2D eigenvalue weighted by Crippen LogP contribution is 2.31. The van der Waals surface area contributed by atoms with Crippen molar-refractivity contribution in [2.24, 2.45) is 0 Å². The molecule has 1 atom stereocenters. The molecule has 0 spiro atoms. The van der Waals surface area contributed by atoms with Crippen LogP contribution in [0.25, 0.3) is 10.2 Å². The van der Waals surface area contributed by atoms with Gasteiger partial charge in [0, 0.05) is 24.5 Å². The van der Waals surface area contributed by atoms with Crippen LogP contribution in [0.5, 0.6) is 0 Å². The van der Waals surface area contributed by atoms with Crippen LogP contribution in [-0.2, 0) is 11.2 Å². The molecular weight excluding hydrogens is 276 g/mol. The number of aryl methyl sites for hydroxylation is 1. The third kappa shape index (κ3) is 2.23. The number of piperazine rings is 1. The monoisotopic (exact) mass is 292 g/mol. The zero-order valence-corrected chi connectivity index (χ0v) is 12.0. The van der Waals surface area contributed by atoms with Gasteiger partial charge in [0.2, 0.25) is 0 Å². The van der Waals surface area contributed by atoms with Crippen LogP contribution in [0.15, 0.2) is 12.4 Å². The lowest BCUT2D eigenvalue weighted by Crippen LogP contribution is -2.55. The lowest BCUT2D eigenvalue weighted by molar-refractivity contribution is -0.138. The van der Waals surface area contributed by atoms with Crippen molar-refractivity contribution in [2.45, 2.75) is 19.4 Å². The second-order valence-electron chi connectivity index (χ2n) is 4.73. The molecule has 1 unspecified atom stereocenters. The van der Waals surface area contributed by atoms with E-state index < -0.39 is 12.0 Å². The summed E-state index contributed by atoms with van der Waals surface area (Å²) in [6.07, 6.45) is 2.47. The molecule has 3 heterocycles. The Morgan fingerprint density at radius 1 is 1.60 bits per heavy atom. The molecular formula is C13H16N4O2S. The molecule has 0 aromatic carbocycles. The maximum atomic E-state index is 11.4. The zero-order chi connectivity index (χ0) is 14.1. The minimum Gasteiger partial charge on any atom is -0.480 e. The Morgan fingerprint density at radius 3 is 3.20 bits per heavy atom. The molecule has 0 bridgehead atoms. The molecule has 1 fully saturated rings. The molecule has 6 nitrogen and oxygen atoms in total. The zero-order valence-electron chi connectivity index (χ0n) is 11.2. The van der Waals surface area contributed by atoms with Crippen molar-refractivity contribution in [3.8, 4) is 0 Å². The van der Waals surface area contributed by atoms with Crippen molar-refractivity contribution in [3.05, 3.63) is 17.3 Å². The fraction of sp³-hybridized carbons (Fsp3) is 0.462. The molecule has 2 aromatic rings. The van der Waals surface area contributed by atoms with Gasteiger partial charge in [0.25, 0.3) is 0 Å². The molecule has 3 rings (SSSR count). The van der Waals surface area contributed by atoms with E-state index in [0.29, 0.717) is 13.1 Å². The average molecular weight is 292 g/mol. The quantitative estimate of drug-likeness (QED) is 0.882. The number of aromatic nitrogens is 2. The normalized spacial score (nSPS) is 19.4. The number of carbonyl (C=O) groups is 1. The number of thiophene rings is 1. The number of nitrogens with one attached hydrogen (secondary N) is 1. The minimum atomic E-state index is -0.824. The molecule has 1 aliphatic heterocycles. The summed E-state index contributed by atoms with van der Waals surface area (Å²) in [5.74, 6) is -0.0882. The molecule has 20 heavy (non-hydrogen) atoms. The van der Waals surface area contributed by atoms with Crippen molar-refractivity contribution >= 4 is 33.3 Å². The van der Waals surface area contributed by atoms with E-state index in [0.717, 1.165) is 29.0 Å². The van der Waals surface area contributed by atoms with E-state index in [4.69, 9.17) is 0 Å². The highest BCUT2D eigenvalue weighted by Gasteiger charge is 2.30. The topological polar surface area (TPSA) is 78.4 Å².